The summed E-state index contributed by atoms with van der Waals surface area (Å²) in [4.78, 5) is 18.4. The van der Waals surface area contributed by atoms with Crippen LogP contribution in [0.1, 0.15) is 52.2 Å². The van der Waals surface area contributed by atoms with Crippen LogP contribution in [0.4, 0.5) is 4.79 Å². The zero-order valence-corrected chi connectivity index (χ0v) is 20.1. The maximum absolute atomic E-state index is 12.0. The van der Waals surface area contributed by atoms with Gasteiger partial charge in [0.1, 0.15) is 18.0 Å². The molecule has 0 aliphatic carbocycles. The third-order valence-electron chi connectivity index (χ3n) is 4.26. The van der Waals surface area contributed by atoms with Crippen molar-refractivity contribution in [3.63, 3.8) is 0 Å². The summed E-state index contributed by atoms with van der Waals surface area (Å²) in [5, 5.41) is 14.9. The Morgan fingerprint density at radius 2 is 2.00 bits per heavy atom. The molecular formula is C18H34IN7O2. The first kappa shape index (κ1) is 24.4. The number of carbonyl (C=O) groups excluding carboxylic acids is 1. The van der Waals surface area contributed by atoms with Crippen molar-refractivity contribution in [3.05, 3.63) is 11.6 Å². The molecule has 0 radical (unpaired) electrons. The van der Waals surface area contributed by atoms with Crippen LogP contribution in [0.25, 0.3) is 0 Å². The highest BCUT2D eigenvalue weighted by atomic mass is 127. The standard InChI is InChI=1S/C18H33N7O2.HI/c1-7-8-9-19-16(20-10-15-23-22-13(2)24(15)6)21-14-11-25(12-14)17(26)27-18(3,4)5;/h14H,7-12H2,1-6H3,(H2,19,20,21);1H. The topological polar surface area (TPSA) is 96.7 Å². The number of hydrogen-bond donors (Lipinski definition) is 2. The molecule has 10 heteroatoms. The van der Waals surface area contributed by atoms with E-state index in [-0.39, 0.29) is 36.1 Å². The molecule has 1 fully saturated rings. The number of carbonyl (C=O) groups is 1. The van der Waals surface area contributed by atoms with E-state index in [4.69, 9.17) is 4.74 Å². The number of likely N-dealkylation sites (tertiary alicyclic amines) is 1. The number of aromatic nitrogens is 3. The van der Waals surface area contributed by atoms with Crippen molar-refractivity contribution in [1.29, 1.82) is 0 Å². The number of amides is 1. The van der Waals surface area contributed by atoms with Gasteiger partial charge in [-0.15, -0.1) is 34.2 Å². The maximum atomic E-state index is 12.0. The molecule has 1 amide bonds. The van der Waals surface area contributed by atoms with Crippen LogP contribution in [0.3, 0.4) is 0 Å². The van der Waals surface area contributed by atoms with Gasteiger partial charge in [0.25, 0.3) is 0 Å². The third-order valence-corrected chi connectivity index (χ3v) is 4.26. The Bertz CT molecular complexity index is 663. The van der Waals surface area contributed by atoms with Gasteiger partial charge in [-0.3, -0.25) is 0 Å². The van der Waals surface area contributed by atoms with Gasteiger partial charge in [0.2, 0.25) is 0 Å². The van der Waals surface area contributed by atoms with Crippen molar-refractivity contribution in [2.75, 3.05) is 19.6 Å². The fraction of sp³-hybridized carbons (Fsp3) is 0.778. The van der Waals surface area contributed by atoms with Gasteiger partial charge in [-0.25, -0.2) is 9.79 Å². The summed E-state index contributed by atoms with van der Waals surface area (Å²) in [6.45, 7) is 12.2. The SMILES string of the molecule is CCCCNC(=NCc1nnc(C)n1C)NC1CN(C(=O)OC(C)(C)C)C1.I. The van der Waals surface area contributed by atoms with Crippen LogP contribution in [-0.2, 0) is 18.3 Å². The zero-order valence-electron chi connectivity index (χ0n) is 17.8. The van der Waals surface area contributed by atoms with Gasteiger partial charge in [0, 0.05) is 26.7 Å². The average molecular weight is 507 g/mol. The molecule has 2 heterocycles. The lowest BCUT2D eigenvalue weighted by Crippen LogP contribution is -2.63. The van der Waals surface area contributed by atoms with E-state index in [0.29, 0.717) is 19.6 Å². The molecule has 0 aromatic carbocycles. The molecule has 2 N–H and O–H groups in total. The molecule has 1 aliphatic rings. The second-order valence-electron chi connectivity index (χ2n) is 7.89. The van der Waals surface area contributed by atoms with Gasteiger partial charge in [0.05, 0.1) is 6.04 Å². The normalized spacial score (nSPS) is 14.9. The van der Waals surface area contributed by atoms with Gasteiger partial charge in [-0.05, 0) is 34.1 Å². The van der Waals surface area contributed by atoms with Crippen LogP contribution in [0.2, 0.25) is 0 Å². The molecule has 0 atom stereocenters. The smallest absolute Gasteiger partial charge is 0.410 e. The molecular weight excluding hydrogens is 473 g/mol. The maximum Gasteiger partial charge on any atom is 0.410 e. The summed E-state index contributed by atoms with van der Waals surface area (Å²) >= 11 is 0. The largest absolute Gasteiger partial charge is 0.444 e. The van der Waals surface area contributed by atoms with Crippen molar-refractivity contribution in [1.82, 2.24) is 30.3 Å². The Kier molecular flexibility index (Phi) is 9.45. The summed E-state index contributed by atoms with van der Waals surface area (Å²) in [6.07, 6.45) is 1.91. The molecule has 28 heavy (non-hydrogen) atoms. The van der Waals surface area contributed by atoms with Crippen LogP contribution in [0.5, 0.6) is 0 Å². The van der Waals surface area contributed by atoms with Crippen molar-refractivity contribution in [2.45, 2.75) is 65.6 Å². The van der Waals surface area contributed by atoms with Crippen LogP contribution >= 0.6 is 24.0 Å². The van der Waals surface area contributed by atoms with E-state index in [9.17, 15) is 4.79 Å². The Morgan fingerprint density at radius 3 is 2.54 bits per heavy atom. The third kappa shape index (κ3) is 7.44. The monoisotopic (exact) mass is 507 g/mol. The molecule has 1 saturated heterocycles. The van der Waals surface area contributed by atoms with Gasteiger partial charge in [-0.1, -0.05) is 13.3 Å². The minimum absolute atomic E-state index is 0. The minimum Gasteiger partial charge on any atom is -0.444 e. The van der Waals surface area contributed by atoms with E-state index in [2.05, 4.69) is 32.7 Å². The van der Waals surface area contributed by atoms with Gasteiger partial charge >= 0.3 is 6.09 Å². The Labute approximate surface area is 184 Å². The predicted octanol–water partition coefficient (Wildman–Crippen LogP) is 2.20. The predicted molar refractivity (Wildman–Crippen MR) is 120 cm³/mol. The Hall–Kier alpha value is -1.59. The molecule has 0 saturated carbocycles. The second kappa shape index (κ2) is 10.8. The number of ether oxygens (including phenoxy) is 1. The summed E-state index contributed by atoms with van der Waals surface area (Å²) in [7, 11) is 1.93. The number of unbranched alkanes of at least 4 members (excludes halogenated alkanes) is 1. The van der Waals surface area contributed by atoms with Crippen LogP contribution in [0.15, 0.2) is 4.99 Å². The molecule has 0 spiro atoms. The highest BCUT2D eigenvalue weighted by Crippen LogP contribution is 2.15. The van der Waals surface area contributed by atoms with Crippen molar-refractivity contribution in [2.24, 2.45) is 12.0 Å². The summed E-state index contributed by atoms with van der Waals surface area (Å²) in [5.41, 5.74) is -0.474. The van der Waals surface area contributed by atoms with E-state index in [1.165, 1.54) is 0 Å². The number of hydrogen-bond acceptors (Lipinski definition) is 5. The van der Waals surface area contributed by atoms with Gasteiger partial charge < -0.3 is 24.8 Å². The summed E-state index contributed by atoms with van der Waals surface area (Å²) < 4.78 is 7.32. The first-order valence-electron chi connectivity index (χ1n) is 9.57. The highest BCUT2D eigenvalue weighted by molar-refractivity contribution is 14.0. The van der Waals surface area contributed by atoms with E-state index in [1.54, 1.807) is 4.90 Å². The van der Waals surface area contributed by atoms with Crippen molar-refractivity contribution in [3.8, 4) is 0 Å². The van der Waals surface area contributed by atoms with E-state index in [0.717, 1.165) is 37.0 Å². The number of nitrogens with zero attached hydrogens (tertiary/aromatic N) is 5. The van der Waals surface area contributed by atoms with E-state index in [1.807, 2.05) is 39.3 Å². The van der Waals surface area contributed by atoms with Crippen LogP contribution < -0.4 is 10.6 Å². The highest BCUT2D eigenvalue weighted by Gasteiger charge is 2.34. The number of rotatable bonds is 6. The number of aliphatic imine (C=N–C) groups is 1. The van der Waals surface area contributed by atoms with Crippen LogP contribution in [-0.4, -0.2) is 63.0 Å². The second-order valence-corrected chi connectivity index (χ2v) is 7.89. The van der Waals surface area contributed by atoms with E-state index < -0.39 is 5.60 Å². The average Bonchev–Trinajstić information content (AvgIpc) is 2.85. The first-order valence-corrected chi connectivity index (χ1v) is 9.57. The molecule has 1 aliphatic heterocycles. The van der Waals surface area contributed by atoms with Gasteiger partial charge in [0.15, 0.2) is 11.8 Å². The number of nitrogens with one attached hydrogen (secondary N) is 2. The molecule has 9 nitrogen and oxygen atoms in total. The number of aryl methyl sites for hydroxylation is 1. The van der Waals surface area contributed by atoms with Crippen molar-refractivity contribution < 1.29 is 9.53 Å². The summed E-state index contributed by atoms with van der Waals surface area (Å²) in [6, 6.07) is 0.159. The first-order chi connectivity index (χ1) is 12.7. The van der Waals surface area contributed by atoms with E-state index >= 15 is 0 Å². The lowest BCUT2D eigenvalue weighted by molar-refractivity contribution is 0.00700. The fourth-order valence-corrected chi connectivity index (χ4v) is 2.51. The fourth-order valence-electron chi connectivity index (χ4n) is 2.51. The minimum atomic E-state index is -0.474. The van der Waals surface area contributed by atoms with Crippen LogP contribution in [0, 0.1) is 6.92 Å². The quantitative estimate of drug-likeness (QED) is 0.265. The molecule has 1 aromatic heterocycles. The summed E-state index contributed by atoms with van der Waals surface area (Å²) in [5.74, 6) is 2.41. The van der Waals surface area contributed by atoms with Gasteiger partial charge in [-0.2, -0.15) is 0 Å². The van der Waals surface area contributed by atoms with Crippen molar-refractivity contribution >= 4 is 36.0 Å². The zero-order chi connectivity index (χ0) is 20.0. The number of guanidine groups is 1. The molecule has 2 rings (SSSR count). The molecule has 0 unspecified atom stereocenters. The Morgan fingerprint density at radius 1 is 1.32 bits per heavy atom. The molecule has 160 valence electrons. The lowest BCUT2D eigenvalue weighted by Gasteiger charge is -2.40. The Balaban J connectivity index is 0.00000392. The number of halogens is 1. The lowest BCUT2D eigenvalue weighted by atomic mass is 10.1. The molecule has 1 aromatic rings. The molecule has 0 bridgehead atoms.